The van der Waals surface area contributed by atoms with E-state index in [1.165, 1.54) is 23.3 Å². The fourth-order valence-corrected chi connectivity index (χ4v) is 2.81. The van der Waals surface area contributed by atoms with Crippen LogP contribution in [0.5, 0.6) is 5.75 Å². The van der Waals surface area contributed by atoms with E-state index in [2.05, 4.69) is 0 Å². The van der Waals surface area contributed by atoms with Crippen molar-refractivity contribution in [2.45, 2.75) is 44.6 Å². The first-order valence-corrected chi connectivity index (χ1v) is 6.72. The number of nitrogens with zero attached hydrogens (tertiary/aromatic N) is 1. The first kappa shape index (κ1) is 13.6. The van der Waals surface area contributed by atoms with Crippen LogP contribution in [0.15, 0.2) is 23.1 Å². The molecule has 0 spiro atoms. The Kier molecular flexibility index (Phi) is 4.24. The molecule has 1 aliphatic carbocycles. The number of aliphatic carboxylic acids is 1. The zero-order valence-corrected chi connectivity index (χ0v) is 10.8. The minimum Gasteiger partial charge on any atom is -0.508 e. The number of hydrogen-bond donors (Lipinski definition) is 2. The maximum Gasteiger partial charge on any atom is 0.326 e. The maximum absolute atomic E-state index is 11.8. The predicted molar refractivity (Wildman–Crippen MR) is 70.2 cm³/mol. The van der Waals surface area contributed by atoms with E-state index >= 15 is 0 Å². The van der Waals surface area contributed by atoms with E-state index in [9.17, 15) is 19.8 Å². The van der Waals surface area contributed by atoms with Crippen LogP contribution in [0.3, 0.4) is 0 Å². The van der Waals surface area contributed by atoms with Gasteiger partial charge in [0.25, 0.3) is 5.56 Å². The molecule has 1 atom stereocenters. The number of hydrogen-bond acceptors (Lipinski definition) is 3. The summed E-state index contributed by atoms with van der Waals surface area (Å²) in [6, 6.07) is 1.56. The third kappa shape index (κ3) is 3.36. The zero-order valence-electron chi connectivity index (χ0n) is 10.8. The largest absolute Gasteiger partial charge is 0.508 e. The minimum atomic E-state index is -0.988. The van der Waals surface area contributed by atoms with Crippen LogP contribution < -0.4 is 5.56 Å². The van der Waals surface area contributed by atoms with Crippen molar-refractivity contribution in [1.29, 1.82) is 0 Å². The highest BCUT2D eigenvalue weighted by Crippen LogP contribution is 2.30. The van der Waals surface area contributed by atoms with Gasteiger partial charge in [-0.25, -0.2) is 4.79 Å². The Labute approximate surface area is 111 Å². The van der Waals surface area contributed by atoms with Gasteiger partial charge in [0.1, 0.15) is 11.8 Å². The second-order valence-corrected chi connectivity index (χ2v) is 5.22. The monoisotopic (exact) mass is 265 g/mol. The number of carbonyl (C=O) groups is 1. The SMILES string of the molecule is O=C(O)C(CC1CCCCC1)n1ccc(O)cc1=O. The van der Waals surface area contributed by atoms with Gasteiger partial charge in [0, 0.05) is 12.3 Å². The van der Waals surface area contributed by atoms with Crippen molar-refractivity contribution < 1.29 is 15.0 Å². The molecular weight excluding hydrogens is 246 g/mol. The zero-order chi connectivity index (χ0) is 13.8. The molecule has 0 saturated heterocycles. The Bertz CT molecular complexity index is 502. The van der Waals surface area contributed by atoms with E-state index in [1.54, 1.807) is 0 Å². The van der Waals surface area contributed by atoms with E-state index in [0.717, 1.165) is 31.7 Å². The molecule has 1 aromatic heterocycles. The molecule has 5 heteroatoms. The average Bonchev–Trinajstić information content (AvgIpc) is 2.38. The van der Waals surface area contributed by atoms with Gasteiger partial charge in [-0.2, -0.15) is 0 Å². The summed E-state index contributed by atoms with van der Waals surface area (Å²) in [7, 11) is 0. The fraction of sp³-hybridized carbons (Fsp3) is 0.571. The molecule has 5 nitrogen and oxygen atoms in total. The van der Waals surface area contributed by atoms with E-state index < -0.39 is 17.6 Å². The van der Waals surface area contributed by atoms with Crippen LogP contribution in [0.2, 0.25) is 0 Å². The standard InChI is InChI=1S/C14H19NO4/c16-11-6-7-15(13(17)9-11)12(14(18)19)8-10-4-2-1-3-5-10/h6-7,9-10,12,16H,1-5,8H2,(H,18,19). The van der Waals surface area contributed by atoms with Crippen molar-refractivity contribution in [1.82, 2.24) is 4.57 Å². The van der Waals surface area contributed by atoms with Crippen molar-refractivity contribution in [3.8, 4) is 5.75 Å². The molecule has 0 radical (unpaired) electrons. The lowest BCUT2D eigenvalue weighted by Gasteiger charge is -2.25. The van der Waals surface area contributed by atoms with Crippen molar-refractivity contribution in [3.05, 3.63) is 28.7 Å². The minimum absolute atomic E-state index is 0.136. The van der Waals surface area contributed by atoms with Crippen molar-refractivity contribution in [2.24, 2.45) is 5.92 Å². The van der Waals surface area contributed by atoms with Gasteiger partial charge in [0.15, 0.2) is 0 Å². The van der Waals surface area contributed by atoms with Gasteiger partial charge < -0.3 is 14.8 Å². The second-order valence-electron chi connectivity index (χ2n) is 5.22. The Morgan fingerprint density at radius 2 is 2.05 bits per heavy atom. The Morgan fingerprint density at radius 1 is 1.37 bits per heavy atom. The molecular formula is C14H19NO4. The van der Waals surface area contributed by atoms with E-state index in [-0.39, 0.29) is 5.75 Å². The fourth-order valence-electron chi connectivity index (χ4n) is 2.81. The average molecular weight is 265 g/mol. The van der Waals surface area contributed by atoms with Gasteiger partial charge in [-0.05, 0) is 18.4 Å². The molecule has 1 unspecified atom stereocenters. The lowest BCUT2D eigenvalue weighted by molar-refractivity contribution is -0.141. The number of pyridine rings is 1. The Balaban J connectivity index is 2.19. The van der Waals surface area contributed by atoms with Crippen LogP contribution in [0.1, 0.15) is 44.6 Å². The van der Waals surface area contributed by atoms with Gasteiger partial charge in [0.05, 0.1) is 0 Å². The normalized spacial score (nSPS) is 18.1. The summed E-state index contributed by atoms with van der Waals surface area (Å²) in [6.07, 6.45) is 7.42. The third-order valence-electron chi connectivity index (χ3n) is 3.83. The number of aromatic nitrogens is 1. The molecule has 104 valence electrons. The predicted octanol–water partition coefficient (Wildman–Crippen LogP) is 2.15. The quantitative estimate of drug-likeness (QED) is 0.874. The van der Waals surface area contributed by atoms with Gasteiger partial charge in [0.2, 0.25) is 0 Å². The molecule has 2 N–H and O–H groups in total. The lowest BCUT2D eigenvalue weighted by Crippen LogP contribution is -2.30. The molecule has 1 fully saturated rings. The highest BCUT2D eigenvalue weighted by atomic mass is 16.4. The molecule has 0 bridgehead atoms. The molecule has 1 saturated carbocycles. The number of rotatable bonds is 4. The topological polar surface area (TPSA) is 79.5 Å². The van der Waals surface area contributed by atoms with Crippen LogP contribution in [0, 0.1) is 5.92 Å². The van der Waals surface area contributed by atoms with Crippen LogP contribution in [0.4, 0.5) is 0 Å². The number of aromatic hydroxyl groups is 1. The Hall–Kier alpha value is -1.78. The van der Waals surface area contributed by atoms with Gasteiger partial charge >= 0.3 is 5.97 Å². The highest BCUT2D eigenvalue weighted by molar-refractivity contribution is 5.71. The van der Waals surface area contributed by atoms with Gasteiger partial charge in [-0.3, -0.25) is 4.79 Å². The second kappa shape index (κ2) is 5.91. The first-order chi connectivity index (χ1) is 9.08. The number of carboxylic acids is 1. The van der Waals surface area contributed by atoms with Crippen LogP contribution in [0.25, 0.3) is 0 Å². The van der Waals surface area contributed by atoms with Crippen molar-refractivity contribution >= 4 is 5.97 Å². The van der Waals surface area contributed by atoms with Crippen molar-refractivity contribution in [2.75, 3.05) is 0 Å². The summed E-state index contributed by atoms with van der Waals surface area (Å²) in [4.78, 5) is 23.2. The number of carboxylic acid groups (broad SMARTS) is 1. The molecule has 0 aromatic carbocycles. The summed E-state index contributed by atoms with van der Waals surface area (Å²) in [5.74, 6) is -0.753. The molecule has 1 aromatic rings. The molecule has 1 heterocycles. The molecule has 19 heavy (non-hydrogen) atoms. The van der Waals surface area contributed by atoms with E-state index in [1.807, 2.05) is 0 Å². The van der Waals surface area contributed by atoms with Crippen LogP contribution >= 0.6 is 0 Å². The maximum atomic E-state index is 11.8. The summed E-state index contributed by atoms with van der Waals surface area (Å²) in [5.41, 5.74) is -0.469. The summed E-state index contributed by atoms with van der Waals surface area (Å²) < 4.78 is 1.21. The molecule has 0 amide bonds. The first-order valence-electron chi connectivity index (χ1n) is 6.72. The molecule has 2 rings (SSSR count). The summed E-state index contributed by atoms with van der Waals surface area (Å²) >= 11 is 0. The van der Waals surface area contributed by atoms with E-state index in [4.69, 9.17) is 0 Å². The van der Waals surface area contributed by atoms with Crippen LogP contribution in [-0.2, 0) is 4.79 Å². The van der Waals surface area contributed by atoms with Crippen LogP contribution in [-0.4, -0.2) is 20.7 Å². The molecule has 0 aliphatic heterocycles. The highest BCUT2D eigenvalue weighted by Gasteiger charge is 2.26. The van der Waals surface area contributed by atoms with Gasteiger partial charge in [-0.1, -0.05) is 32.1 Å². The van der Waals surface area contributed by atoms with Gasteiger partial charge in [-0.15, -0.1) is 0 Å². The third-order valence-corrected chi connectivity index (χ3v) is 3.83. The molecule has 1 aliphatic rings. The smallest absolute Gasteiger partial charge is 0.326 e. The van der Waals surface area contributed by atoms with E-state index in [0.29, 0.717) is 12.3 Å². The summed E-state index contributed by atoms with van der Waals surface area (Å²) in [5, 5.41) is 18.5. The van der Waals surface area contributed by atoms with Crippen molar-refractivity contribution in [3.63, 3.8) is 0 Å². The Morgan fingerprint density at radius 3 is 2.63 bits per heavy atom. The lowest BCUT2D eigenvalue weighted by atomic mass is 9.84. The summed E-state index contributed by atoms with van der Waals surface area (Å²) in [6.45, 7) is 0.